The number of aryl methyl sites for hydroxylation is 2. The second-order valence-corrected chi connectivity index (χ2v) is 13.3. The van der Waals surface area contributed by atoms with Gasteiger partial charge in [-0.15, -0.1) is 11.3 Å². The summed E-state index contributed by atoms with van der Waals surface area (Å²) in [5, 5.41) is 12.1. The number of carboxylic acids is 1. The van der Waals surface area contributed by atoms with E-state index in [1.165, 1.54) is 0 Å². The summed E-state index contributed by atoms with van der Waals surface area (Å²) < 4.78 is 24.2. The normalized spacial score (nSPS) is 16.1. The van der Waals surface area contributed by atoms with E-state index >= 15 is 4.39 Å². The number of fused-ring (bicyclic) bond motifs is 2. The zero-order valence-corrected chi connectivity index (χ0v) is 26.3. The molecule has 2 aliphatic rings. The van der Waals surface area contributed by atoms with E-state index in [-0.39, 0.29) is 23.9 Å². The van der Waals surface area contributed by atoms with E-state index in [1.807, 2.05) is 36.6 Å². The lowest BCUT2D eigenvalue weighted by molar-refractivity contribution is -0.135. The van der Waals surface area contributed by atoms with Crippen LogP contribution in [0.15, 0.2) is 42.5 Å². The lowest BCUT2D eigenvalue weighted by atomic mass is 9.81. The lowest BCUT2D eigenvalue weighted by Gasteiger charge is -2.28. The first kappa shape index (κ1) is 29.6. The van der Waals surface area contributed by atoms with Crippen LogP contribution in [0, 0.1) is 19.7 Å². The summed E-state index contributed by atoms with van der Waals surface area (Å²) in [7, 11) is 0. The van der Waals surface area contributed by atoms with E-state index in [0.29, 0.717) is 54.0 Å². The second kappa shape index (κ2) is 12.0. The number of hydrogen-bond donors (Lipinski definition) is 1. The molecule has 0 unspecified atom stereocenters. The number of carbonyl (C=O) groups is 2. The molecule has 2 aromatic carbocycles. The summed E-state index contributed by atoms with van der Waals surface area (Å²) in [5.41, 5.74) is 5.00. The quantitative estimate of drug-likeness (QED) is 0.212. The summed E-state index contributed by atoms with van der Waals surface area (Å²) in [6.45, 7) is 5.79. The fraction of sp³-hybridized carbons (Fsp3) is 0.371. The zero-order valence-electron chi connectivity index (χ0n) is 25.4. The number of rotatable bonds is 6. The number of carbonyl (C=O) groups excluding carboxylic acids is 1. The van der Waals surface area contributed by atoms with Crippen molar-refractivity contribution in [2.24, 2.45) is 0 Å². The average molecular weight is 627 g/mol. The Labute approximate surface area is 264 Å². The first-order valence-corrected chi connectivity index (χ1v) is 16.4. The topological polar surface area (TPSA) is 97.5 Å². The number of morpholine rings is 1. The molecule has 1 N–H and O–H groups in total. The largest absolute Gasteiger partial charge is 0.478 e. The molecule has 0 radical (unpaired) electrons. The van der Waals surface area contributed by atoms with Gasteiger partial charge in [-0.25, -0.2) is 19.2 Å². The number of hydrogen-bond acceptors (Lipinski definition) is 6. The van der Waals surface area contributed by atoms with Crippen molar-refractivity contribution in [2.45, 2.75) is 58.4 Å². The van der Waals surface area contributed by atoms with Crippen LogP contribution in [0.3, 0.4) is 0 Å². The number of aromatic carboxylic acids is 1. The number of ether oxygens (including phenoxy) is 1. The van der Waals surface area contributed by atoms with Crippen molar-refractivity contribution in [3.63, 3.8) is 0 Å². The Hall–Kier alpha value is -4.15. The van der Waals surface area contributed by atoms with Crippen molar-refractivity contribution >= 4 is 45.0 Å². The van der Waals surface area contributed by atoms with Gasteiger partial charge in [0.1, 0.15) is 12.4 Å². The second-order valence-electron chi connectivity index (χ2n) is 12.1. The van der Waals surface area contributed by atoms with Crippen LogP contribution in [0.4, 0.5) is 4.39 Å². The molecular weight excluding hydrogens is 591 g/mol. The Morgan fingerprint density at radius 1 is 1.00 bits per heavy atom. The minimum atomic E-state index is -1.05. The predicted molar refractivity (Wildman–Crippen MR) is 173 cm³/mol. The third-order valence-corrected chi connectivity index (χ3v) is 10.3. The Kier molecular flexibility index (Phi) is 7.87. The van der Waals surface area contributed by atoms with Gasteiger partial charge < -0.3 is 19.3 Å². The Balaban J connectivity index is 1.44. The van der Waals surface area contributed by atoms with Crippen LogP contribution in [-0.2, 0) is 16.1 Å². The van der Waals surface area contributed by atoms with Gasteiger partial charge in [0.15, 0.2) is 0 Å². The van der Waals surface area contributed by atoms with Crippen molar-refractivity contribution in [2.75, 3.05) is 26.3 Å². The fourth-order valence-electron chi connectivity index (χ4n) is 7.06. The van der Waals surface area contributed by atoms with Crippen molar-refractivity contribution in [1.82, 2.24) is 19.4 Å². The highest BCUT2D eigenvalue weighted by Crippen LogP contribution is 2.46. The van der Waals surface area contributed by atoms with Crippen LogP contribution in [0.1, 0.15) is 64.6 Å². The monoisotopic (exact) mass is 626 g/mol. The van der Waals surface area contributed by atoms with Crippen molar-refractivity contribution in [1.29, 1.82) is 0 Å². The molecular formula is C35H35FN4O4S. The smallest absolute Gasteiger partial charge is 0.335 e. The molecule has 8 nitrogen and oxygen atoms in total. The molecule has 1 aliphatic heterocycles. The molecule has 0 bridgehead atoms. The lowest BCUT2D eigenvalue weighted by Crippen LogP contribution is -2.42. The fourth-order valence-corrected chi connectivity index (χ4v) is 7.95. The number of carboxylic acid groups (broad SMARTS) is 1. The molecule has 2 fully saturated rings. The molecule has 1 amide bonds. The predicted octanol–water partition coefficient (Wildman–Crippen LogP) is 7.34. The van der Waals surface area contributed by atoms with E-state index < -0.39 is 11.8 Å². The van der Waals surface area contributed by atoms with Gasteiger partial charge in [0, 0.05) is 29.4 Å². The molecule has 3 aromatic heterocycles. The summed E-state index contributed by atoms with van der Waals surface area (Å²) in [6.07, 6.45) is 5.20. The molecule has 5 aromatic rings. The van der Waals surface area contributed by atoms with Gasteiger partial charge in [0.25, 0.3) is 0 Å². The summed E-state index contributed by atoms with van der Waals surface area (Å²) in [4.78, 5) is 37.9. The SMILES string of the molecule is Cc1nc(C)c(-c2ccc3c(F)c(-c4c(C5CCCCC5)c5ccc(C(=O)O)cc5n4CC(=O)N4CCOCC4)ccc3n2)s1. The Morgan fingerprint density at radius 2 is 1.76 bits per heavy atom. The van der Waals surface area contributed by atoms with Crippen LogP contribution in [-0.4, -0.2) is 62.7 Å². The van der Waals surface area contributed by atoms with Crippen LogP contribution in [0.5, 0.6) is 0 Å². The summed E-state index contributed by atoms with van der Waals surface area (Å²) in [6, 6.07) is 12.3. The minimum Gasteiger partial charge on any atom is -0.478 e. The standard InChI is InChI=1S/C35H35FN4O4S/c1-20-34(45-21(2)37-20)28-13-10-24-27(38-28)12-11-26(32(24)36)33-31(22-6-4-3-5-7-22)25-9-8-23(35(42)43)18-29(25)40(33)19-30(41)39-14-16-44-17-15-39/h8-13,18,22H,3-7,14-17,19H2,1-2H3,(H,42,43). The third-order valence-electron chi connectivity index (χ3n) is 9.22. The third kappa shape index (κ3) is 5.40. The maximum atomic E-state index is 16.9. The van der Waals surface area contributed by atoms with Crippen LogP contribution < -0.4 is 0 Å². The van der Waals surface area contributed by atoms with Gasteiger partial charge in [-0.3, -0.25) is 4.79 Å². The maximum absolute atomic E-state index is 16.9. The van der Waals surface area contributed by atoms with E-state index in [2.05, 4.69) is 4.98 Å². The van der Waals surface area contributed by atoms with E-state index in [1.54, 1.807) is 40.5 Å². The van der Waals surface area contributed by atoms with Crippen LogP contribution in [0.25, 0.3) is 43.6 Å². The molecule has 10 heteroatoms. The molecule has 1 saturated carbocycles. The molecule has 232 valence electrons. The Morgan fingerprint density at radius 3 is 2.47 bits per heavy atom. The van der Waals surface area contributed by atoms with E-state index in [9.17, 15) is 14.7 Å². The van der Waals surface area contributed by atoms with Gasteiger partial charge in [0.05, 0.1) is 56.8 Å². The summed E-state index contributed by atoms with van der Waals surface area (Å²) in [5.74, 6) is -1.38. The van der Waals surface area contributed by atoms with E-state index in [4.69, 9.17) is 9.72 Å². The molecule has 1 aliphatic carbocycles. The van der Waals surface area contributed by atoms with Crippen molar-refractivity contribution < 1.29 is 23.8 Å². The number of thiazole rings is 1. The molecule has 4 heterocycles. The number of nitrogens with zero attached hydrogens (tertiary/aromatic N) is 4. The average Bonchev–Trinajstić information content (AvgIpc) is 3.56. The van der Waals surface area contributed by atoms with Crippen LogP contribution >= 0.6 is 11.3 Å². The molecule has 0 spiro atoms. The number of halogens is 1. The van der Waals surface area contributed by atoms with Gasteiger partial charge in [-0.05, 0) is 74.6 Å². The maximum Gasteiger partial charge on any atom is 0.335 e. The van der Waals surface area contributed by atoms with E-state index in [0.717, 1.165) is 64.3 Å². The van der Waals surface area contributed by atoms with Gasteiger partial charge >= 0.3 is 5.97 Å². The summed E-state index contributed by atoms with van der Waals surface area (Å²) >= 11 is 1.57. The highest BCUT2D eigenvalue weighted by Gasteiger charge is 2.30. The molecule has 7 rings (SSSR count). The van der Waals surface area contributed by atoms with Crippen LogP contribution in [0.2, 0.25) is 0 Å². The number of aromatic nitrogens is 3. The highest BCUT2D eigenvalue weighted by molar-refractivity contribution is 7.15. The van der Waals surface area contributed by atoms with Crippen molar-refractivity contribution in [3.05, 3.63) is 70.1 Å². The zero-order chi connectivity index (χ0) is 31.2. The molecule has 1 saturated heterocycles. The molecule has 45 heavy (non-hydrogen) atoms. The first-order chi connectivity index (χ1) is 21.8. The van der Waals surface area contributed by atoms with Gasteiger partial charge in [-0.1, -0.05) is 25.3 Å². The molecule has 0 atom stereocenters. The van der Waals surface area contributed by atoms with Gasteiger partial charge in [0.2, 0.25) is 5.91 Å². The Bertz CT molecular complexity index is 1950. The van der Waals surface area contributed by atoms with Gasteiger partial charge in [-0.2, -0.15) is 0 Å². The number of pyridine rings is 1. The minimum absolute atomic E-state index is 0.0275. The number of benzene rings is 2. The first-order valence-electron chi connectivity index (χ1n) is 15.6. The number of amides is 1. The van der Waals surface area contributed by atoms with Crippen molar-refractivity contribution in [3.8, 4) is 21.8 Å². The highest BCUT2D eigenvalue weighted by atomic mass is 32.1.